The van der Waals surface area contributed by atoms with Gasteiger partial charge in [-0.05, 0) is 93.6 Å². The van der Waals surface area contributed by atoms with Crippen LogP contribution in [0, 0.1) is 17.5 Å². The van der Waals surface area contributed by atoms with Gasteiger partial charge in [0.25, 0.3) is 0 Å². The fourth-order valence-corrected chi connectivity index (χ4v) is 6.50. The summed E-state index contributed by atoms with van der Waals surface area (Å²) in [4.78, 5) is 28.2. The summed E-state index contributed by atoms with van der Waals surface area (Å²) in [5.41, 5.74) is 0.459. The Hall–Kier alpha value is -3.35. The standard InChI is InChI=1S/C29H27ClF3N5O2S2/c1-29(2,3)40-28(39)38-13-5-6-16(15-38)26-36-24(25(41-26)21-11-12-34-27(30)35-21)18-7-4-8-20(23(18)33)37-42-22-14-17(31)9-10-19(22)32/h4,7-12,14,16,37H,5-6,13,15H2,1-3H3. The molecule has 0 saturated carbocycles. The molecule has 1 fully saturated rings. The van der Waals surface area contributed by atoms with Crippen LogP contribution in [0.5, 0.6) is 0 Å². The van der Waals surface area contributed by atoms with Crippen molar-refractivity contribution in [3.05, 3.63) is 76.4 Å². The number of amides is 1. The summed E-state index contributed by atoms with van der Waals surface area (Å²) in [5, 5.41) is 0.753. The van der Waals surface area contributed by atoms with Crippen molar-refractivity contribution in [2.24, 2.45) is 0 Å². The normalized spacial score (nSPS) is 15.5. The average molecular weight is 634 g/mol. The number of likely N-dealkylation sites (tertiary alicyclic amines) is 1. The minimum Gasteiger partial charge on any atom is -0.444 e. The van der Waals surface area contributed by atoms with Crippen molar-refractivity contribution < 1.29 is 22.7 Å². The first-order valence-corrected chi connectivity index (χ1v) is 15.1. The van der Waals surface area contributed by atoms with Crippen molar-refractivity contribution in [2.75, 3.05) is 17.8 Å². The largest absolute Gasteiger partial charge is 0.444 e. The Morgan fingerprint density at radius 2 is 1.98 bits per heavy atom. The van der Waals surface area contributed by atoms with Crippen molar-refractivity contribution in [1.29, 1.82) is 0 Å². The van der Waals surface area contributed by atoms with E-state index in [-0.39, 0.29) is 33.4 Å². The fourth-order valence-electron chi connectivity index (χ4n) is 4.46. The summed E-state index contributed by atoms with van der Waals surface area (Å²) in [5.74, 6) is -1.97. The molecule has 0 bridgehead atoms. The van der Waals surface area contributed by atoms with E-state index >= 15 is 4.39 Å². The molecular formula is C29H27ClF3N5O2S2. The Bertz CT molecular complexity index is 1610. The van der Waals surface area contributed by atoms with Crippen LogP contribution in [-0.2, 0) is 4.74 Å². The van der Waals surface area contributed by atoms with Crippen molar-refractivity contribution in [2.45, 2.75) is 50.0 Å². The molecule has 42 heavy (non-hydrogen) atoms. The maximum absolute atomic E-state index is 16.0. The predicted molar refractivity (Wildman–Crippen MR) is 159 cm³/mol. The van der Waals surface area contributed by atoms with Crippen LogP contribution in [0.25, 0.3) is 21.8 Å². The monoisotopic (exact) mass is 633 g/mol. The number of halogens is 4. The zero-order valence-electron chi connectivity index (χ0n) is 23.0. The molecule has 0 spiro atoms. The number of anilines is 1. The van der Waals surface area contributed by atoms with E-state index in [1.165, 1.54) is 23.6 Å². The third-order valence-electron chi connectivity index (χ3n) is 6.34. The lowest BCUT2D eigenvalue weighted by molar-refractivity contribution is 0.0198. The molecule has 0 radical (unpaired) electrons. The number of carbonyl (C=O) groups excluding carboxylic acids is 1. The Morgan fingerprint density at radius 1 is 1.17 bits per heavy atom. The number of rotatable bonds is 6. The van der Waals surface area contributed by atoms with Crippen LogP contribution in [0.1, 0.15) is 44.5 Å². The van der Waals surface area contributed by atoms with E-state index < -0.39 is 23.1 Å². The van der Waals surface area contributed by atoms with E-state index in [1.807, 2.05) is 20.8 Å². The van der Waals surface area contributed by atoms with Gasteiger partial charge in [-0.25, -0.2) is 32.9 Å². The SMILES string of the molecule is CC(C)(C)OC(=O)N1CCCC(c2nc(-c3cccc(NSc4cc(F)ccc4F)c3F)c(-c3ccnc(Cl)n3)s2)C1. The molecule has 1 N–H and O–H groups in total. The third kappa shape index (κ3) is 6.99. The Labute approximate surface area is 254 Å². The topological polar surface area (TPSA) is 80.2 Å². The summed E-state index contributed by atoms with van der Waals surface area (Å²) in [6, 6.07) is 9.46. The molecule has 7 nitrogen and oxygen atoms in total. The smallest absolute Gasteiger partial charge is 0.410 e. The number of nitrogens with one attached hydrogen (secondary N) is 1. The average Bonchev–Trinajstić information content (AvgIpc) is 3.39. The first-order chi connectivity index (χ1) is 20.0. The van der Waals surface area contributed by atoms with Crippen LogP contribution in [0.15, 0.2) is 53.6 Å². The number of thiazole rings is 1. The second-order valence-electron chi connectivity index (χ2n) is 10.7. The Kier molecular flexibility index (Phi) is 8.95. The molecule has 2 aromatic carbocycles. The quantitative estimate of drug-likeness (QED) is 0.168. The van der Waals surface area contributed by atoms with Gasteiger partial charge in [0.1, 0.15) is 17.2 Å². The highest BCUT2D eigenvalue weighted by molar-refractivity contribution is 8.00. The summed E-state index contributed by atoms with van der Waals surface area (Å²) in [6.07, 6.45) is 2.67. The van der Waals surface area contributed by atoms with E-state index in [0.29, 0.717) is 29.4 Å². The van der Waals surface area contributed by atoms with Gasteiger partial charge in [0.05, 0.1) is 31.9 Å². The number of hydrogen-bond donors (Lipinski definition) is 1. The number of carbonyl (C=O) groups is 1. The van der Waals surface area contributed by atoms with Crippen LogP contribution in [0.4, 0.5) is 23.7 Å². The molecule has 1 amide bonds. The Morgan fingerprint density at radius 3 is 2.74 bits per heavy atom. The first-order valence-electron chi connectivity index (χ1n) is 13.1. The zero-order valence-corrected chi connectivity index (χ0v) is 25.3. The van der Waals surface area contributed by atoms with Gasteiger partial charge < -0.3 is 14.4 Å². The van der Waals surface area contributed by atoms with E-state index in [0.717, 1.165) is 48.0 Å². The van der Waals surface area contributed by atoms with E-state index in [1.54, 1.807) is 23.1 Å². The van der Waals surface area contributed by atoms with E-state index in [2.05, 4.69) is 14.7 Å². The highest BCUT2D eigenvalue weighted by Gasteiger charge is 2.31. The van der Waals surface area contributed by atoms with E-state index in [4.69, 9.17) is 21.3 Å². The number of hydrogen-bond acceptors (Lipinski definition) is 8. The molecule has 1 atom stereocenters. The van der Waals surface area contributed by atoms with Crippen LogP contribution in [0.3, 0.4) is 0 Å². The molecule has 13 heteroatoms. The predicted octanol–water partition coefficient (Wildman–Crippen LogP) is 8.57. The first kappa shape index (κ1) is 30.1. The number of aromatic nitrogens is 3. The lowest BCUT2D eigenvalue weighted by atomic mass is 9.99. The third-order valence-corrected chi connectivity index (χ3v) is 8.62. The van der Waals surface area contributed by atoms with Gasteiger partial charge in [-0.1, -0.05) is 6.07 Å². The molecule has 1 aliphatic heterocycles. The van der Waals surface area contributed by atoms with Crippen molar-refractivity contribution >= 4 is 46.7 Å². The van der Waals surface area contributed by atoms with Crippen molar-refractivity contribution in [3.8, 4) is 21.8 Å². The number of piperidine rings is 1. The van der Waals surface area contributed by atoms with Gasteiger partial charge >= 0.3 is 6.09 Å². The fraction of sp³-hybridized carbons (Fsp3) is 0.310. The summed E-state index contributed by atoms with van der Waals surface area (Å²) in [7, 11) is 0. The molecular weight excluding hydrogens is 607 g/mol. The van der Waals surface area contributed by atoms with Crippen LogP contribution in [0.2, 0.25) is 5.28 Å². The minimum absolute atomic E-state index is 0.0149. The van der Waals surface area contributed by atoms with Crippen molar-refractivity contribution in [3.63, 3.8) is 0 Å². The number of ether oxygens (including phenoxy) is 1. The van der Waals surface area contributed by atoms with Gasteiger partial charge in [0.2, 0.25) is 5.28 Å². The van der Waals surface area contributed by atoms with Gasteiger partial charge in [0, 0.05) is 30.8 Å². The number of nitrogens with zero attached hydrogens (tertiary/aromatic N) is 4. The van der Waals surface area contributed by atoms with Gasteiger partial charge in [0.15, 0.2) is 5.82 Å². The van der Waals surface area contributed by atoms with Crippen molar-refractivity contribution in [1.82, 2.24) is 19.9 Å². The summed E-state index contributed by atoms with van der Waals surface area (Å²) < 4.78 is 52.1. The molecule has 1 unspecified atom stereocenters. The highest BCUT2D eigenvalue weighted by atomic mass is 35.5. The molecule has 220 valence electrons. The van der Waals surface area contributed by atoms with Gasteiger partial charge in [-0.3, -0.25) is 0 Å². The molecule has 5 rings (SSSR count). The highest BCUT2D eigenvalue weighted by Crippen LogP contribution is 2.42. The maximum atomic E-state index is 16.0. The van der Waals surface area contributed by atoms with Crippen LogP contribution >= 0.6 is 34.9 Å². The second-order valence-corrected chi connectivity index (χ2v) is 12.9. The molecule has 4 aromatic rings. The molecule has 2 aromatic heterocycles. The minimum atomic E-state index is -0.634. The van der Waals surface area contributed by atoms with Gasteiger partial charge in [-0.2, -0.15) is 0 Å². The Balaban J connectivity index is 1.49. The zero-order chi connectivity index (χ0) is 30.0. The molecule has 0 aliphatic carbocycles. The molecule has 1 aliphatic rings. The van der Waals surface area contributed by atoms with Gasteiger partial charge in [-0.15, -0.1) is 11.3 Å². The maximum Gasteiger partial charge on any atom is 0.410 e. The number of benzene rings is 2. The summed E-state index contributed by atoms with van der Waals surface area (Å²) in [6.45, 7) is 6.45. The second kappa shape index (κ2) is 12.5. The lowest BCUT2D eigenvalue weighted by Gasteiger charge is -2.33. The molecule has 3 heterocycles. The van der Waals surface area contributed by atoms with E-state index in [9.17, 15) is 13.6 Å². The summed E-state index contributed by atoms with van der Waals surface area (Å²) >= 11 is 8.21. The van der Waals surface area contributed by atoms with Crippen LogP contribution < -0.4 is 4.72 Å². The van der Waals surface area contributed by atoms with Crippen LogP contribution in [-0.4, -0.2) is 44.6 Å². The lowest BCUT2D eigenvalue weighted by Crippen LogP contribution is -2.42. The molecule has 1 saturated heterocycles.